The van der Waals surface area contributed by atoms with Gasteiger partial charge in [0.05, 0.1) is 11.4 Å². The van der Waals surface area contributed by atoms with Crippen molar-refractivity contribution in [2.45, 2.75) is 13.0 Å². The molecule has 98 valence electrons. The van der Waals surface area contributed by atoms with Crippen molar-refractivity contribution in [3.05, 3.63) is 59.7 Å². The van der Waals surface area contributed by atoms with Gasteiger partial charge in [-0.2, -0.15) is 0 Å². The van der Waals surface area contributed by atoms with Gasteiger partial charge < -0.3 is 16.8 Å². The molecule has 0 aromatic heterocycles. The van der Waals surface area contributed by atoms with Crippen LogP contribution in [0.4, 0.5) is 11.4 Å². The molecule has 0 unspecified atom stereocenters. The number of carbonyl (C=O) groups is 1. The fourth-order valence-electron chi connectivity index (χ4n) is 1.91. The van der Waals surface area contributed by atoms with Crippen LogP contribution in [0.5, 0.6) is 0 Å². The number of carbonyl (C=O) groups excluding carboxylic acids is 1. The molecule has 0 aliphatic carbocycles. The lowest BCUT2D eigenvalue weighted by Crippen LogP contribution is -2.13. The second-order valence-corrected chi connectivity index (χ2v) is 4.44. The fourth-order valence-corrected chi connectivity index (χ4v) is 1.91. The largest absolute Gasteiger partial charge is 0.397 e. The van der Waals surface area contributed by atoms with Crippen LogP contribution in [0.3, 0.4) is 0 Å². The molecule has 0 saturated heterocycles. The highest BCUT2D eigenvalue weighted by Crippen LogP contribution is 2.25. The fraction of sp³-hybridized carbons (Fsp3) is 0.133. The van der Waals surface area contributed by atoms with E-state index >= 15 is 0 Å². The summed E-state index contributed by atoms with van der Waals surface area (Å²) in [6, 6.07) is 15.2. The molecule has 4 heteroatoms. The summed E-state index contributed by atoms with van der Waals surface area (Å²) >= 11 is 0. The molecule has 2 aromatic carbocycles. The van der Waals surface area contributed by atoms with Crippen LogP contribution in [-0.4, -0.2) is 5.91 Å². The average molecular weight is 255 g/mol. The Bertz CT molecular complexity index is 581. The number of nitrogens with one attached hydrogen (secondary N) is 1. The molecule has 4 nitrogen and oxygen atoms in total. The Hall–Kier alpha value is -2.49. The number of hydrogen-bond acceptors (Lipinski definition) is 3. The summed E-state index contributed by atoms with van der Waals surface area (Å²) in [5.41, 5.74) is 14.0. The van der Waals surface area contributed by atoms with Crippen molar-refractivity contribution >= 4 is 17.3 Å². The summed E-state index contributed by atoms with van der Waals surface area (Å²) in [6.45, 7) is 2.05. The lowest BCUT2D eigenvalue weighted by Gasteiger charge is -2.17. The Morgan fingerprint density at radius 1 is 1.16 bits per heavy atom. The standard InChI is InChI=1S/C15H17N3O/c1-10(11-5-3-2-4-6-11)18-14-8-7-12(15(17)19)9-13(14)16/h2-10,18H,16H2,1H3,(H2,17,19)/t10-/m1/s1. The molecule has 0 heterocycles. The van der Waals surface area contributed by atoms with Crippen LogP contribution in [-0.2, 0) is 0 Å². The molecule has 5 N–H and O–H groups in total. The zero-order chi connectivity index (χ0) is 13.8. The molecule has 0 bridgehead atoms. The molecule has 1 atom stereocenters. The number of benzene rings is 2. The van der Waals surface area contributed by atoms with E-state index in [0.717, 1.165) is 5.69 Å². The number of hydrogen-bond donors (Lipinski definition) is 3. The average Bonchev–Trinajstić information content (AvgIpc) is 2.41. The first-order chi connectivity index (χ1) is 9.08. The predicted molar refractivity (Wildman–Crippen MR) is 77.9 cm³/mol. The highest BCUT2D eigenvalue weighted by molar-refractivity contribution is 5.94. The lowest BCUT2D eigenvalue weighted by atomic mass is 10.1. The quantitative estimate of drug-likeness (QED) is 0.734. The summed E-state index contributed by atoms with van der Waals surface area (Å²) < 4.78 is 0. The van der Waals surface area contributed by atoms with Crippen molar-refractivity contribution < 1.29 is 4.79 Å². The topological polar surface area (TPSA) is 81.1 Å². The number of rotatable bonds is 4. The van der Waals surface area contributed by atoms with Crippen LogP contribution in [0.1, 0.15) is 28.9 Å². The minimum absolute atomic E-state index is 0.128. The molecule has 0 fully saturated rings. The van der Waals surface area contributed by atoms with Gasteiger partial charge in [-0.15, -0.1) is 0 Å². The van der Waals surface area contributed by atoms with E-state index in [-0.39, 0.29) is 6.04 Å². The lowest BCUT2D eigenvalue weighted by molar-refractivity contribution is 0.100. The maximum atomic E-state index is 11.1. The van der Waals surface area contributed by atoms with Crippen LogP contribution in [0.25, 0.3) is 0 Å². The summed E-state index contributed by atoms with van der Waals surface area (Å²) in [5, 5.41) is 3.32. The third-order valence-electron chi connectivity index (χ3n) is 3.01. The van der Waals surface area contributed by atoms with Crippen molar-refractivity contribution in [3.8, 4) is 0 Å². The monoisotopic (exact) mass is 255 g/mol. The van der Waals surface area contributed by atoms with Gasteiger partial charge in [-0.3, -0.25) is 4.79 Å². The van der Waals surface area contributed by atoms with Gasteiger partial charge in [-0.25, -0.2) is 0 Å². The first kappa shape index (κ1) is 13.0. The molecule has 19 heavy (non-hydrogen) atoms. The summed E-state index contributed by atoms with van der Waals surface area (Å²) in [6.07, 6.45) is 0. The van der Waals surface area contributed by atoms with Crippen molar-refractivity contribution in [2.24, 2.45) is 5.73 Å². The molecule has 0 saturated carbocycles. The normalized spacial score (nSPS) is 11.8. The summed E-state index contributed by atoms with van der Waals surface area (Å²) in [5.74, 6) is -0.477. The van der Waals surface area contributed by atoms with Gasteiger partial charge in [0.25, 0.3) is 0 Å². The van der Waals surface area contributed by atoms with Crippen molar-refractivity contribution in [2.75, 3.05) is 11.1 Å². The summed E-state index contributed by atoms with van der Waals surface area (Å²) in [7, 11) is 0. The van der Waals surface area contributed by atoms with Crippen LogP contribution in [0.2, 0.25) is 0 Å². The van der Waals surface area contributed by atoms with E-state index in [2.05, 4.69) is 12.2 Å². The predicted octanol–water partition coefficient (Wildman–Crippen LogP) is 2.54. The molecule has 0 aliphatic heterocycles. The molecule has 2 rings (SSSR count). The highest BCUT2D eigenvalue weighted by Gasteiger charge is 2.08. The van der Waals surface area contributed by atoms with Crippen LogP contribution in [0.15, 0.2) is 48.5 Å². The van der Waals surface area contributed by atoms with E-state index in [9.17, 15) is 4.79 Å². The third kappa shape index (κ3) is 3.04. The van der Waals surface area contributed by atoms with Gasteiger partial charge in [-0.05, 0) is 30.7 Å². The van der Waals surface area contributed by atoms with Crippen LogP contribution in [0, 0.1) is 0 Å². The number of anilines is 2. The molecule has 0 radical (unpaired) electrons. The minimum Gasteiger partial charge on any atom is -0.397 e. The third-order valence-corrected chi connectivity index (χ3v) is 3.01. The van der Waals surface area contributed by atoms with E-state index in [1.165, 1.54) is 5.56 Å². The Morgan fingerprint density at radius 2 is 1.84 bits per heavy atom. The van der Waals surface area contributed by atoms with Gasteiger partial charge in [0.1, 0.15) is 0 Å². The molecule has 1 amide bonds. The second kappa shape index (κ2) is 5.44. The van der Waals surface area contributed by atoms with Gasteiger partial charge in [0.15, 0.2) is 0 Å². The van der Waals surface area contributed by atoms with Gasteiger partial charge >= 0.3 is 0 Å². The summed E-state index contributed by atoms with van der Waals surface area (Å²) in [4.78, 5) is 11.1. The van der Waals surface area contributed by atoms with E-state index in [4.69, 9.17) is 11.5 Å². The smallest absolute Gasteiger partial charge is 0.248 e. The number of nitrogens with two attached hydrogens (primary N) is 2. The zero-order valence-corrected chi connectivity index (χ0v) is 10.8. The Labute approximate surface area is 112 Å². The van der Waals surface area contributed by atoms with Gasteiger partial charge in [0, 0.05) is 11.6 Å². The SMILES string of the molecule is C[C@@H](Nc1ccc(C(N)=O)cc1N)c1ccccc1. The number of amides is 1. The van der Waals surface area contributed by atoms with Crippen molar-refractivity contribution in [1.82, 2.24) is 0 Å². The van der Waals surface area contributed by atoms with Crippen LogP contribution >= 0.6 is 0 Å². The van der Waals surface area contributed by atoms with Crippen LogP contribution < -0.4 is 16.8 Å². The van der Waals surface area contributed by atoms with E-state index in [1.807, 2.05) is 30.3 Å². The Balaban J connectivity index is 2.18. The second-order valence-electron chi connectivity index (χ2n) is 4.44. The van der Waals surface area contributed by atoms with Gasteiger partial charge in [0.2, 0.25) is 5.91 Å². The zero-order valence-electron chi connectivity index (χ0n) is 10.8. The molecular weight excluding hydrogens is 238 g/mol. The highest BCUT2D eigenvalue weighted by atomic mass is 16.1. The Morgan fingerprint density at radius 3 is 2.42 bits per heavy atom. The number of primary amides is 1. The Kier molecular flexibility index (Phi) is 3.71. The van der Waals surface area contributed by atoms with Crippen molar-refractivity contribution in [1.29, 1.82) is 0 Å². The van der Waals surface area contributed by atoms with Crippen molar-refractivity contribution in [3.63, 3.8) is 0 Å². The van der Waals surface area contributed by atoms with Gasteiger partial charge in [-0.1, -0.05) is 30.3 Å². The van der Waals surface area contributed by atoms with E-state index in [0.29, 0.717) is 11.3 Å². The minimum atomic E-state index is -0.477. The first-order valence-electron chi connectivity index (χ1n) is 6.08. The van der Waals surface area contributed by atoms with E-state index in [1.54, 1.807) is 18.2 Å². The first-order valence-corrected chi connectivity index (χ1v) is 6.08. The number of nitrogen functional groups attached to an aromatic ring is 1. The molecule has 0 spiro atoms. The molecule has 2 aromatic rings. The maximum absolute atomic E-state index is 11.1. The molecular formula is C15H17N3O. The maximum Gasteiger partial charge on any atom is 0.248 e. The van der Waals surface area contributed by atoms with E-state index < -0.39 is 5.91 Å². The molecule has 0 aliphatic rings.